The SMILES string of the molecule is COc1ccc(C(=O)Nc2ccc(Cc3nnc(-c4ccccc4)o3)cc2)cc1Cl. The molecule has 0 bridgehead atoms. The molecule has 0 spiro atoms. The third-order valence-corrected chi connectivity index (χ3v) is 4.76. The minimum absolute atomic E-state index is 0.253. The van der Waals surface area contributed by atoms with Crippen molar-refractivity contribution in [2.24, 2.45) is 0 Å². The number of halogens is 1. The van der Waals surface area contributed by atoms with E-state index >= 15 is 0 Å². The number of amides is 1. The van der Waals surface area contributed by atoms with Crippen LogP contribution in [0.25, 0.3) is 11.5 Å². The van der Waals surface area contributed by atoms with Crippen LogP contribution in [-0.2, 0) is 6.42 Å². The summed E-state index contributed by atoms with van der Waals surface area (Å²) >= 11 is 6.09. The van der Waals surface area contributed by atoms with E-state index in [1.54, 1.807) is 18.2 Å². The summed E-state index contributed by atoms with van der Waals surface area (Å²) in [5, 5.41) is 11.4. The van der Waals surface area contributed by atoms with Gasteiger partial charge in [0.05, 0.1) is 18.6 Å². The Labute approximate surface area is 178 Å². The molecule has 4 rings (SSSR count). The van der Waals surface area contributed by atoms with Crippen LogP contribution < -0.4 is 10.1 Å². The first-order valence-electron chi connectivity index (χ1n) is 9.24. The average molecular weight is 420 g/mol. The Hall–Kier alpha value is -3.64. The van der Waals surface area contributed by atoms with Gasteiger partial charge in [-0.1, -0.05) is 41.9 Å². The van der Waals surface area contributed by atoms with Crippen LogP contribution in [0, 0.1) is 0 Å². The number of hydrogen-bond donors (Lipinski definition) is 1. The molecule has 1 heterocycles. The molecule has 0 atom stereocenters. The van der Waals surface area contributed by atoms with Gasteiger partial charge < -0.3 is 14.5 Å². The number of rotatable bonds is 6. The van der Waals surface area contributed by atoms with E-state index in [-0.39, 0.29) is 5.91 Å². The second-order valence-electron chi connectivity index (χ2n) is 6.54. The van der Waals surface area contributed by atoms with Gasteiger partial charge in [-0.3, -0.25) is 4.79 Å². The van der Waals surface area contributed by atoms with Crippen LogP contribution in [0.5, 0.6) is 5.75 Å². The Kier molecular flexibility index (Phi) is 5.77. The molecule has 30 heavy (non-hydrogen) atoms. The van der Waals surface area contributed by atoms with Gasteiger partial charge >= 0.3 is 0 Å². The Bertz CT molecular complexity index is 1160. The number of carbonyl (C=O) groups excluding carboxylic acids is 1. The van der Waals surface area contributed by atoms with Crippen LogP contribution in [0.15, 0.2) is 77.2 Å². The normalized spacial score (nSPS) is 10.6. The fourth-order valence-corrected chi connectivity index (χ4v) is 3.17. The standard InChI is InChI=1S/C23H18ClN3O3/c1-29-20-12-9-17(14-19(20)24)22(28)25-18-10-7-15(8-11-18)13-21-26-27-23(30-21)16-5-3-2-4-6-16/h2-12,14H,13H2,1H3,(H,25,28). The first-order chi connectivity index (χ1) is 14.6. The van der Waals surface area contributed by atoms with Crippen molar-refractivity contribution in [1.29, 1.82) is 0 Å². The molecule has 0 aliphatic carbocycles. The van der Waals surface area contributed by atoms with Crippen molar-refractivity contribution in [3.05, 3.63) is 94.8 Å². The van der Waals surface area contributed by atoms with Crippen molar-refractivity contribution in [2.75, 3.05) is 12.4 Å². The lowest BCUT2D eigenvalue weighted by molar-refractivity contribution is 0.102. The zero-order valence-corrected chi connectivity index (χ0v) is 16.9. The molecular weight excluding hydrogens is 402 g/mol. The molecule has 4 aromatic rings. The van der Waals surface area contributed by atoms with Crippen molar-refractivity contribution < 1.29 is 13.9 Å². The minimum atomic E-state index is -0.253. The van der Waals surface area contributed by atoms with Gasteiger partial charge in [0.2, 0.25) is 11.8 Å². The predicted molar refractivity (Wildman–Crippen MR) is 115 cm³/mol. The summed E-state index contributed by atoms with van der Waals surface area (Å²) in [6.45, 7) is 0. The molecule has 1 N–H and O–H groups in total. The Morgan fingerprint density at radius 1 is 1.03 bits per heavy atom. The fourth-order valence-electron chi connectivity index (χ4n) is 2.91. The molecular formula is C23H18ClN3O3. The molecule has 0 aliphatic rings. The van der Waals surface area contributed by atoms with E-state index in [0.717, 1.165) is 11.1 Å². The van der Waals surface area contributed by atoms with E-state index in [9.17, 15) is 4.79 Å². The lowest BCUT2D eigenvalue weighted by atomic mass is 10.1. The van der Waals surface area contributed by atoms with Crippen molar-refractivity contribution >= 4 is 23.2 Å². The summed E-state index contributed by atoms with van der Waals surface area (Å²) in [6.07, 6.45) is 0.502. The monoisotopic (exact) mass is 419 g/mol. The molecule has 0 saturated carbocycles. The summed E-state index contributed by atoms with van der Waals surface area (Å²) in [5.74, 6) is 1.29. The molecule has 0 aliphatic heterocycles. The highest BCUT2D eigenvalue weighted by atomic mass is 35.5. The van der Waals surface area contributed by atoms with E-state index in [0.29, 0.717) is 40.2 Å². The number of ether oxygens (including phenoxy) is 1. The van der Waals surface area contributed by atoms with Gasteiger partial charge in [0.25, 0.3) is 5.91 Å². The molecule has 0 radical (unpaired) electrons. The smallest absolute Gasteiger partial charge is 0.255 e. The van der Waals surface area contributed by atoms with Gasteiger partial charge in [-0.05, 0) is 48.0 Å². The number of methoxy groups -OCH3 is 1. The average Bonchev–Trinajstić information content (AvgIpc) is 3.24. The maximum Gasteiger partial charge on any atom is 0.255 e. The van der Waals surface area contributed by atoms with Crippen LogP contribution in [0.4, 0.5) is 5.69 Å². The minimum Gasteiger partial charge on any atom is -0.495 e. The highest BCUT2D eigenvalue weighted by molar-refractivity contribution is 6.32. The zero-order valence-electron chi connectivity index (χ0n) is 16.1. The summed E-state index contributed by atoms with van der Waals surface area (Å²) in [5.41, 5.74) is 2.99. The molecule has 1 amide bonds. The second-order valence-corrected chi connectivity index (χ2v) is 6.95. The van der Waals surface area contributed by atoms with Crippen molar-refractivity contribution in [1.82, 2.24) is 10.2 Å². The zero-order chi connectivity index (χ0) is 20.9. The maximum atomic E-state index is 12.4. The highest BCUT2D eigenvalue weighted by Crippen LogP contribution is 2.25. The van der Waals surface area contributed by atoms with E-state index < -0.39 is 0 Å². The molecule has 0 saturated heterocycles. The molecule has 0 unspecified atom stereocenters. The van der Waals surface area contributed by atoms with Gasteiger partial charge in [0, 0.05) is 16.8 Å². The van der Waals surface area contributed by atoms with Gasteiger partial charge in [-0.15, -0.1) is 10.2 Å². The number of nitrogens with zero attached hydrogens (tertiary/aromatic N) is 2. The third kappa shape index (κ3) is 4.50. The molecule has 0 fully saturated rings. The Morgan fingerprint density at radius 2 is 1.80 bits per heavy atom. The number of nitrogens with one attached hydrogen (secondary N) is 1. The first kappa shape index (κ1) is 19.7. The molecule has 1 aromatic heterocycles. The second kappa shape index (κ2) is 8.80. The van der Waals surface area contributed by atoms with Crippen molar-refractivity contribution in [3.63, 3.8) is 0 Å². The molecule has 3 aromatic carbocycles. The number of benzene rings is 3. The molecule has 7 heteroatoms. The van der Waals surface area contributed by atoms with Gasteiger partial charge in [-0.25, -0.2) is 0 Å². The van der Waals surface area contributed by atoms with E-state index in [1.807, 2.05) is 54.6 Å². The summed E-state index contributed by atoms with van der Waals surface area (Å²) in [4.78, 5) is 12.4. The largest absolute Gasteiger partial charge is 0.495 e. The summed E-state index contributed by atoms with van der Waals surface area (Å²) < 4.78 is 10.8. The van der Waals surface area contributed by atoms with Crippen molar-refractivity contribution in [2.45, 2.75) is 6.42 Å². The molecule has 150 valence electrons. The van der Waals surface area contributed by atoms with Gasteiger partial charge in [0.15, 0.2) is 0 Å². The van der Waals surface area contributed by atoms with Gasteiger partial charge in [0.1, 0.15) is 5.75 Å². The quantitative estimate of drug-likeness (QED) is 0.462. The predicted octanol–water partition coefficient (Wildman–Crippen LogP) is 5.24. The fraction of sp³-hybridized carbons (Fsp3) is 0.0870. The summed E-state index contributed by atoms with van der Waals surface area (Å²) in [6, 6.07) is 22.0. The van der Waals surface area contributed by atoms with Crippen LogP contribution in [-0.4, -0.2) is 23.2 Å². The first-order valence-corrected chi connectivity index (χ1v) is 9.62. The van der Waals surface area contributed by atoms with Crippen molar-refractivity contribution in [3.8, 4) is 17.2 Å². The Balaban J connectivity index is 1.40. The molecule has 6 nitrogen and oxygen atoms in total. The van der Waals surface area contributed by atoms with E-state index in [4.69, 9.17) is 20.8 Å². The van der Waals surface area contributed by atoms with Gasteiger partial charge in [-0.2, -0.15) is 0 Å². The number of hydrogen-bond acceptors (Lipinski definition) is 5. The van der Waals surface area contributed by atoms with E-state index in [2.05, 4.69) is 15.5 Å². The highest BCUT2D eigenvalue weighted by Gasteiger charge is 2.11. The van der Waals surface area contributed by atoms with E-state index in [1.165, 1.54) is 7.11 Å². The van der Waals surface area contributed by atoms with Crippen LogP contribution in [0.1, 0.15) is 21.8 Å². The van der Waals surface area contributed by atoms with Crippen LogP contribution in [0.3, 0.4) is 0 Å². The lowest BCUT2D eigenvalue weighted by Gasteiger charge is -2.08. The summed E-state index contributed by atoms with van der Waals surface area (Å²) in [7, 11) is 1.53. The van der Waals surface area contributed by atoms with Crippen LogP contribution >= 0.6 is 11.6 Å². The topological polar surface area (TPSA) is 77.2 Å². The maximum absolute atomic E-state index is 12.4. The third-order valence-electron chi connectivity index (χ3n) is 4.47. The number of carbonyl (C=O) groups is 1. The number of anilines is 1. The lowest BCUT2D eigenvalue weighted by Crippen LogP contribution is -2.11. The Morgan fingerprint density at radius 3 is 2.50 bits per heavy atom. The number of aromatic nitrogens is 2. The van der Waals surface area contributed by atoms with Crippen LogP contribution in [0.2, 0.25) is 5.02 Å².